The van der Waals surface area contributed by atoms with Gasteiger partial charge in [0.1, 0.15) is 0 Å². The molecule has 0 amide bonds. The Kier molecular flexibility index (Phi) is 4.63. The summed E-state index contributed by atoms with van der Waals surface area (Å²) in [5, 5.41) is 11.6. The zero-order valence-electron chi connectivity index (χ0n) is 10.2. The van der Waals surface area contributed by atoms with Crippen LogP contribution in [0, 0.1) is 0 Å². The summed E-state index contributed by atoms with van der Waals surface area (Å²) in [4.78, 5) is 0. The zero-order valence-corrected chi connectivity index (χ0v) is 12.5. The van der Waals surface area contributed by atoms with Gasteiger partial charge in [-0.3, -0.25) is 4.68 Å². The van der Waals surface area contributed by atoms with Gasteiger partial charge in [0.25, 0.3) is 0 Å². The molecule has 2 rings (SSSR count). The van der Waals surface area contributed by atoms with Crippen molar-refractivity contribution >= 4 is 46.2 Å². The maximum Gasteiger partial charge on any atom is 0.171 e. The molecule has 2 aromatic rings. The summed E-state index contributed by atoms with van der Waals surface area (Å²) in [5.74, 6) is 0. The quantitative estimate of drug-likeness (QED) is 0.854. The Labute approximate surface area is 126 Å². The van der Waals surface area contributed by atoms with E-state index in [1.54, 1.807) is 23.0 Å². The van der Waals surface area contributed by atoms with Crippen molar-refractivity contribution in [3.63, 3.8) is 0 Å². The fourth-order valence-corrected chi connectivity index (χ4v) is 2.04. The minimum atomic E-state index is 0.453. The second kappa shape index (κ2) is 6.23. The predicted molar refractivity (Wildman–Crippen MR) is 82.7 cm³/mol. The van der Waals surface area contributed by atoms with E-state index in [1.807, 2.05) is 19.3 Å². The maximum absolute atomic E-state index is 6.06. The SMILES string of the molecule is Cn1cc(CNC(=S)Nc2cccc(Cl)c2Cl)cn1. The fourth-order valence-electron chi connectivity index (χ4n) is 1.51. The van der Waals surface area contributed by atoms with Crippen molar-refractivity contribution in [3.8, 4) is 0 Å². The summed E-state index contributed by atoms with van der Waals surface area (Å²) < 4.78 is 1.74. The Hall–Kier alpha value is -1.30. The molecule has 0 saturated heterocycles. The van der Waals surface area contributed by atoms with Gasteiger partial charge < -0.3 is 10.6 Å². The Morgan fingerprint density at radius 3 is 2.89 bits per heavy atom. The van der Waals surface area contributed by atoms with Crippen LogP contribution < -0.4 is 10.6 Å². The molecular weight excluding hydrogens is 303 g/mol. The molecule has 0 unspecified atom stereocenters. The van der Waals surface area contributed by atoms with Crippen LogP contribution in [0.2, 0.25) is 10.0 Å². The van der Waals surface area contributed by atoms with Crippen molar-refractivity contribution in [2.45, 2.75) is 6.54 Å². The number of anilines is 1. The van der Waals surface area contributed by atoms with Crippen LogP contribution >= 0.6 is 35.4 Å². The van der Waals surface area contributed by atoms with Crippen LogP contribution in [0.3, 0.4) is 0 Å². The number of thiocarbonyl (C=S) groups is 1. The highest BCUT2D eigenvalue weighted by Crippen LogP contribution is 2.29. The molecule has 1 aromatic heterocycles. The number of nitrogens with zero attached hydrogens (tertiary/aromatic N) is 2. The lowest BCUT2D eigenvalue weighted by Gasteiger charge is -2.11. The number of hydrogen-bond donors (Lipinski definition) is 2. The predicted octanol–water partition coefficient (Wildman–Crippen LogP) is 3.21. The first-order chi connectivity index (χ1) is 9.06. The van der Waals surface area contributed by atoms with Gasteiger partial charge in [-0.05, 0) is 24.4 Å². The second-order valence-electron chi connectivity index (χ2n) is 3.93. The van der Waals surface area contributed by atoms with E-state index in [9.17, 15) is 0 Å². The number of rotatable bonds is 3. The molecule has 4 nitrogen and oxygen atoms in total. The van der Waals surface area contributed by atoms with Gasteiger partial charge in [-0.1, -0.05) is 29.3 Å². The van der Waals surface area contributed by atoms with Crippen molar-refractivity contribution in [2.75, 3.05) is 5.32 Å². The van der Waals surface area contributed by atoms with E-state index in [0.717, 1.165) is 5.56 Å². The van der Waals surface area contributed by atoms with Crippen LogP contribution in [0.1, 0.15) is 5.56 Å². The molecule has 1 aromatic carbocycles. The molecule has 100 valence electrons. The van der Waals surface area contributed by atoms with Gasteiger partial charge in [-0.2, -0.15) is 5.10 Å². The monoisotopic (exact) mass is 314 g/mol. The van der Waals surface area contributed by atoms with Crippen molar-refractivity contribution < 1.29 is 0 Å². The lowest BCUT2D eigenvalue weighted by Crippen LogP contribution is -2.27. The van der Waals surface area contributed by atoms with Gasteiger partial charge >= 0.3 is 0 Å². The minimum Gasteiger partial charge on any atom is -0.358 e. The summed E-state index contributed by atoms with van der Waals surface area (Å²) in [7, 11) is 1.87. The second-order valence-corrected chi connectivity index (χ2v) is 5.12. The van der Waals surface area contributed by atoms with Gasteiger partial charge in [-0.25, -0.2) is 0 Å². The Morgan fingerprint density at radius 1 is 1.42 bits per heavy atom. The minimum absolute atomic E-state index is 0.453. The van der Waals surface area contributed by atoms with Crippen LogP contribution in [-0.4, -0.2) is 14.9 Å². The van der Waals surface area contributed by atoms with Gasteiger partial charge in [0.15, 0.2) is 5.11 Å². The van der Waals surface area contributed by atoms with Crippen LogP contribution in [0.25, 0.3) is 0 Å². The molecule has 0 spiro atoms. The molecule has 0 radical (unpaired) electrons. The summed E-state index contributed by atoms with van der Waals surface area (Å²) in [5.41, 5.74) is 1.72. The van der Waals surface area contributed by atoms with Gasteiger partial charge in [0, 0.05) is 25.4 Å². The molecule has 0 saturated carbocycles. The van der Waals surface area contributed by atoms with E-state index < -0.39 is 0 Å². The average molecular weight is 315 g/mol. The van der Waals surface area contributed by atoms with Crippen LogP contribution in [0.4, 0.5) is 5.69 Å². The molecule has 0 fully saturated rings. The summed E-state index contributed by atoms with van der Waals surface area (Å²) >= 11 is 17.2. The van der Waals surface area contributed by atoms with E-state index in [4.69, 9.17) is 35.4 Å². The molecule has 1 heterocycles. The normalized spacial score (nSPS) is 10.3. The highest BCUT2D eigenvalue weighted by molar-refractivity contribution is 7.80. The van der Waals surface area contributed by atoms with E-state index >= 15 is 0 Å². The number of aromatic nitrogens is 2. The fraction of sp³-hybridized carbons (Fsp3) is 0.167. The Balaban J connectivity index is 1.92. The van der Waals surface area contributed by atoms with Crippen molar-refractivity contribution in [2.24, 2.45) is 7.05 Å². The van der Waals surface area contributed by atoms with Crippen LogP contribution in [-0.2, 0) is 13.6 Å². The third-order valence-electron chi connectivity index (χ3n) is 2.41. The number of hydrogen-bond acceptors (Lipinski definition) is 2. The third kappa shape index (κ3) is 3.83. The molecule has 2 N–H and O–H groups in total. The summed E-state index contributed by atoms with van der Waals surface area (Å²) in [6, 6.07) is 5.34. The van der Waals surface area contributed by atoms with Gasteiger partial charge in [-0.15, -0.1) is 0 Å². The van der Waals surface area contributed by atoms with Crippen molar-refractivity contribution in [1.82, 2.24) is 15.1 Å². The van der Waals surface area contributed by atoms with E-state index in [0.29, 0.717) is 27.4 Å². The van der Waals surface area contributed by atoms with Gasteiger partial charge in [0.2, 0.25) is 0 Å². The molecule has 7 heteroatoms. The highest BCUT2D eigenvalue weighted by Gasteiger charge is 2.06. The topological polar surface area (TPSA) is 41.9 Å². The molecule has 0 atom stereocenters. The van der Waals surface area contributed by atoms with E-state index in [2.05, 4.69) is 15.7 Å². The summed E-state index contributed by atoms with van der Waals surface area (Å²) in [6.07, 6.45) is 3.70. The number of benzene rings is 1. The van der Waals surface area contributed by atoms with Crippen molar-refractivity contribution in [1.29, 1.82) is 0 Å². The van der Waals surface area contributed by atoms with Crippen molar-refractivity contribution in [3.05, 3.63) is 46.2 Å². The number of halogens is 2. The lowest BCUT2D eigenvalue weighted by atomic mass is 10.3. The Bertz CT molecular complexity index is 597. The molecule has 0 bridgehead atoms. The first-order valence-electron chi connectivity index (χ1n) is 5.52. The van der Waals surface area contributed by atoms with Crippen LogP contribution in [0.15, 0.2) is 30.6 Å². The molecule has 0 aliphatic heterocycles. The summed E-state index contributed by atoms with van der Waals surface area (Å²) in [6.45, 7) is 0.595. The van der Waals surface area contributed by atoms with Gasteiger partial charge in [0.05, 0.1) is 21.9 Å². The maximum atomic E-state index is 6.06. The zero-order chi connectivity index (χ0) is 13.8. The Morgan fingerprint density at radius 2 is 2.21 bits per heavy atom. The van der Waals surface area contributed by atoms with E-state index in [1.165, 1.54) is 0 Å². The molecule has 0 aliphatic carbocycles. The molecule has 0 aliphatic rings. The molecule has 19 heavy (non-hydrogen) atoms. The highest BCUT2D eigenvalue weighted by atomic mass is 35.5. The number of nitrogens with one attached hydrogen (secondary N) is 2. The lowest BCUT2D eigenvalue weighted by molar-refractivity contribution is 0.766. The standard InChI is InChI=1S/C12H12Cl2N4S/c1-18-7-8(6-16-18)5-15-12(19)17-10-4-2-3-9(13)11(10)14/h2-4,6-7H,5H2,1H3,(H2,15,17,19). The third-order valence-corrected chi connectivity index (χ3v) is 3.48. The van der Waals surface area contributed by atoms with Crippen LogP contribution in [0.5, 0.6) is 0 Å². The molecular formula is C12H12Cl2N4S. The first kappa shape index (κ1) is 14.1. The number of aryl methyl sites for hydroxylation is 1. The average Bonchev–Trinajstić information content (AvgIpc) is 2.78. The largest absolute Gasteiger partial charge is 0.358 e. The smallest absolute Gasteiger partial charge is 0.171 e. The first-order valence-corrected chi connectivity index (χ1v) is 6.69. The van der Waals surface area contributed by atoms with E-state index in [-0.39, 0.29) is 0 Å².